The summed E-state index contributed by atoms with van der Waals surface area (Å²) < 4.78 is 4.65. The van der Waals surface area contributed by atoms with Crippen LogP contribution in [0.2, 0.25) is 0 Å². The van der Waals surface area contributed by atoms with Gasteiger partial charge in [0.05, 0.1) is 13.0 Å². The lowest BCUT2D eigenvalue weighted by Gasteiger charge is -2.08. The van der Waals surface area contributed by atoms with Gasteiger partial charge < -0.3 is 9.84 Å². The second-order valence-corrected chi connectivity index (χ2v) is 3.83. The van der Waals surface area contributed by atoms with Crippen molar-refractivity contribution in [2.45, 2.75) is 32.1 Å². The van der Waals surface area contributed by atoms with E-state index in [2.05, 4.69) is 4.74 Å². The summed E-state index contributed by atoms with van der Waals surface area (Å²) in [5, 5.41) is 8.50. The van der Waals surface area contributed by atoms with Gasteiger partial charge >= 0.3 is 11.9 Å². The first-order valence-electron chi connectivity index (χ1n) is 4.93. The third-order valence-electron chi connectivity index (χ3n) is 2.84. The van der Waals surface area contributed by atoms with E-state index in [1.54, 1.807) is 0 Å². The maximum absolute atomic E-state index is 11.2. The summed E-state index contributed by atoms with van der Waals surface area (Å²) in [4.78, 5) is 21.5. The number of hydrogen-bond donors (Lipinski definition) is 1. The molecule has 0 aliphatic heterocycles. The van der Waals surface area contributed by atoms with Crippen molar-refractivity contribution in [3.05, 3.63) is 0 Å². The van der Waals surface area contributed by atoms with E-state index in [1.807, 2.05) is 0 Å². The number of methoxy groups -OCH3 is 1. The van der Waals surface area contributed by atoms with Crippen LogP contribution in [-0.2, 0) is 14.3 Å². The molecule has 80 valence electrons. The van der Waals surface area contributed by atoms with Gasteiger partial charge in [-0.2, -0.15) is 0 Å². The van der Waals surface area contributed by atoms with Gasteiger partial charge in [0.15, 0.2) is 0 Å². The van der Waals surface area contributed by atoms with Crippen molar-refractivity contribution in [1.29, 1.82) is 0 Å². The number of esters is 1. The van der Waals surface area contributed by atoms with Crippen LogP contribution < -0.4 is 0 Å². The first kappa shape index (κ1) is 11.0. The molecule has 4 heteroatoms. The molecule has 1 aliphatic rings. The summed E-state index contributed by atoms with van der Waals surface area (Å²) in [5.41, 5.74) is 0. The molecule has 0 aromatic rings. The molecule has 0 aromatic heterocycles. The monoisotopic (exact) mass is 200 g/mol. The quantitative estimate of drug-likeness (QED) is 0.697. The van der Waals surface area contributed by atoms with Gasteiger partial charge in [-0.1, -0.05) is 0 Å². The molecule has 2 unspecified atom stereocenters. The van der Waals surface area contributed by atoms with E-state index in [0.29, 0.717) is 12.3 Å². The number of ether oxygens (including phenoxy) is 1. The highest BCUT2D eigenvalue weighted by Crippen LogP contribution is 2.34. The minimum Gasteiger partial charge on any atom is -0.481 e. The fourth-order valence-corrected chi connectivity index (χ4v) is 2.05. The number of aliphatic carboxylic acids is 1. The smallest absolute Gasteiger partial charge is 0.308 e. The number of carbonyl (C=O) groups excluding carboxylic acids is 1. The molecule has 0 aromatic carbocycles. The zero-order chi connectivity index (χ0) is 10.6. The molecule has 1 saturated carbocycles. The molecule has 0 amide bonds. The Morgan fingerprint density at radius 1 is 1.43 bits per heavy atom. The summed E-state index contributed by atoms with van der Waals surface area (Å²) in [6.45, 7) is 0. The summed E-state index contributed by atoms with van der Waals surface area (Å²) in [5.74, 6) is -0.525. The van der Waals surface area contributed by atoms with Crippen molar-refractivity contribution in [3.8, 4) is 0 Å². The highest BCUT2D eigenvalue weighted by atomic mass is 16.5. The van der Waals surface area contributed by atoms with Crippen LogP contribution in [0.5, 0.6) is 0 Å². The Bertz CT molecular complexity index is 224. The summed E-state index contributed by atoms with van der Waals surface area (Å²) in [6.07, 6.45) is 3.48. The zero-order valence-electron chi connectivity index (χ0n) is 8.36. The summed E-state index contributed by atoms with van der Waals surface area (Å²) in [6, 6.07) is 0. The standard InChI is InChI=1S/C10H16O4/c1-14-10(13)8-4-2-7(6-8)3-5-9(11)12/h7-8H,2-6H2,1H3,(H,11,12). The van der Waals surface area contributed by atoms with Crippen LogP contribution in [-0.4, -0.2) is 24.2 Å². The van der Waals surface area contributed by atoms with Crippen LogP contribution in [0.25, 0.3) is 0 Å². The fourth-order valence-electron chi connectivity index (χ4n) is 2.05. The van der Waals surface area contributed by atoms with Gasteiger partial charge in [-0.15, -0.1) is 0 Å². The molecular formula is C10H16O4. The molecule has 4 nitrogen and oxygen atoms in total. The first-order chi connectivity index (χ1) is 6.63. The maximum Gasteiger partial charge on any atom is 0.308 e. The molecule has 0 radical (unpaired) electrons. The number of carboxylic acid groups (broad SMARTS) is 1. The van der Waals surface area contributed by atoms with Crippen LogP contribution in [0, 0.1) is 11.8 Å². The van der Waals surface area contributed by atoms with Crippen molar-refractivity contribution in [1.82, 2.24) is 0 Å². The number of hydrogen-bond acceptors (Lipinski definition) is 3. The van der Waals surface area contributed by atoms with E-state index in [0.717, 1.165) is 19.3 Å². The van der Waals surface area contributed by atoms with Gasteiger partial charge in [-0.3, -0.25) is 9.59 Å². The van der Waals surface area contributed by atoms with Crippen LogP contribution >= 0.6 is 0 Å². The third-order valence-corrected chi connectivity index (χ3v) is 2.84. The predicted molar refractivity (Wildman–Crippen MR) is 49.7 cm³/mol. The minimum absolute atomic E-state index is 0.00112. The van der Waals surface area contributed by atoms with Crippen molar-refractivity contribution < 1.29 is 19.4 Å². The SMILES string of the molecule is COC(=O)C1CCC(CCC(=O)O)C1. The lowest BCUT2D eigenvalue weighted by molar-refractivity contribution is -0.145. The molecule has 1 fully saturated rings. The van der Waals surface area contributed by atoms with Gasteiger partial charge in [-0.05, 0) is 31.6 Å². The molecule has 1 aliphatic carbocycles. The van der Waals surface area contributed by atoms with Crippen molar-refractivity contribution >= 4 is 11.9 Å². The zero-order valence-corrected chi connectivity index (χ0v) is 8.36. The van der Waals surface area contributed by atoms with E-state index < -0.39 is 5.97 Å². The average Bonchev–Trinajstić information content (AvgIpc) is 2.62. The highest BCUT2D eigenvalue weighted by molar-refractivity contribution is 5.72. The van der Waals surface area contributed by atoms with Gasteiger partial charge in [0.1, 0.15) is 0 Å². The summed E-state index contributed by atoms with van der Waals surface area (Å²) >= 11 is 0. The molecule has 1 rings (SSSR count). The largest absolute Gasteiger partial charge is 0.481 e. The maximum atomic E-state index is 11.2. The van der Waals surface area contributed by atoms with Crippen LogP contribution in [0.4, 0.5) is 0 Å². The molecule has 1 N–H and O–H groups in total. The van der Waals surface area contributed by atoms with E-state index in [9.17, 15) is 9.59 Å². The van der Waals surface area contributed by atoms with Crippen molar-refractivity contribution in [2.75, 3.05) is 7.11 Å². The fraction of sp³-hybridized carbons (Fsp3) is 0.800. The molecule has 2 atom stereocenters. The average molecular weight is 200 g/mol. The number of carbonyl (C=O) groups is 2. The Morgan fingerprint density at radius 3 is 2.71 bits per heavy atom. The topological polar surface area (TPSA) is 63.6 Å². The number of rotatable bonds is 4. The molecule has 0 bridgehead atoms. The van der Waals surface area contributed by atoms with E-state index in [1.165, 1.54) is 7.11 Å². The van der Waals surface area contributed by atoms with Crippen molar-refractivity contribution in [2.24, 2.45) is 11.8 Å². The third kappa shape index (κ3) is 3.01. The Labute approximate surface area is 83.2 Å². The Hall–Kier alpha value is -1.06. The van der Waals surface area contributed by atoms with Crippen LogP contribution in [0.15, 0.2) is 0 Å². The van der Waals surface area contributed by atoms with Gasteiger partial charge in [-0.25, -0.2) is 0 Å². The van der Waals surface area contributed by atoms with E-state index in [4.69, 9.17) is 5.11 Å². The second kappa shape index (κ2) is 4.98. The normalized spacial score (nSPS) is 26.1. The van der Waals surface area contributed by atoms with Gasteiger partial charge in [0, 0.05) is 6.42 Å². The first-order valence-corrected chi connectivity index (χ1v) is 4.93. The predicted octanol–water partition coefficient (Wildman–Crippen LogP) is 1.44. The molecule has 0 spiro atoms. The molecule has 0 saturated heterocycles. The lowest BCUT2D eigenvalue weighted by atomic mass is 10.00. The Kier molecular flexibility index (Phi) is 3.92. The van der Waals surface area contributed by atoms with E-state index in [-0.39, 0.29) is 18.3 Å². The lowest BCUT2D eigenvalue weighted by Crippen LogP contribution is -2.13. The highest BCUT2D eigenvalue weighted by Gasteiger charge is 2.30. The second-order valence-electron chi connectivity index (χ2n) is 3.83. The Balaban J connectivity index is 2.27. The summed E-state index contributed by atoms with van der Waals surface area (Å²) in [7, 11) is 1.40. The van der Waals surface area contributed by atoms with Crippen molar-refractivity contribution in [3.63, 3.8) is 0 Å². The molecular weight excluding hydrogens is 184 g/mol. The van der Waals surface area contributed by atoms with Gasteiger partial charge in [0.2, 0.25) is 0 Å². The van der Waals surface area contributed by atoms with Crippen LogP contribution in [0.3, 0.4) is 0 Å². The van der Waals surface area contributed by atoms with Gasteiger partial charge in [0.25, 0.3) is 0 Å². The number of carboxylic acids is 1. The minimum atomic E-state index is -0.758. The van der Waals surface area contributed by atoms with Crippen LogP contribution in [0.1, 0.15) is 32.1 Å². The molecule has 14 heavy (non-hydrogen) atoms. The van der Waals surface area contributed by atoms with E-state index >= 15 is 0 Å². The molecule has 0 heterocycles. The Morgan fingerprint density at radius 2 is 2.14 bits per heavy atom.